The molecule has 0 spiro atoms. The Labute approximate surface area is 159 Å². The van der Waals surface area contributed by atoms with Crippen LogP contribution in [0.15, 0.2) is 52.0 Å². The highest BCUT2D eigenvalue weighted by Gasteiger charge is 2.07. The molecule has 0 heterocycles. The van der Waals surface area contributed by atoms with Crippen molar-refractivity contribution >= 4 is 34.0 Å². The molecule has 0 aliphatic carbocycles. The van der Waals surface area contributed by atoms with Crippen molar-refractivity contribution in [2.75, 3.05) is 13.7 Å². The maximum Gasteiger partial charge on any atom is 0.308 e. The van der Waals surface area contributed by atoms with Crippen molar-refractivity contribution in [3.63, 3.8) is 0 Å². The van der Waals surface area contributed by atoms with Crippen LogP contribution in [0.2, 0.25) is 0 Å². The van der Waals surface area contributed by atoms with Gasteiger partial charge in [0.25, 0.3) is 5.91 Å². The van der Waals surface area contributed by atoms with Crippen LogP contribution in [0.25, 0.3) is 0 Å². The van der Waals surface area contributed by atoms with Gasteiger partial charge in [0.2, 0.25) is 0 Å². The third kappa shape index (κ3) is 6.21. The summed E-state index contributed by atoms with van der Waals surface area (Å²) in [7, 11) is 1.46. The van der Waals surface area contributed by atoms with Crippen LogP contribution in [0.4, 0.5) is 0 Å². The highest BCUT2D eigenvalue weighted by atomic mass is 79.9. The van der Waals surface area contributed by atoms with Crippen LogP contribution >= 0.6 is 15.9 Å². The molecule has 26 heavy (non-hydrogen) atoms. The van der Waals surface area contributed by atoms with Crippen LogP contribution in [0.1, 0.15) is 12.5 Å². The van der Waals surface area contributed by atoms with E-state index in [9.17, 15) is 9.59 Å². The summed E-state index contributed by atoms with van der Waals surface area (Å²) in [5, 5.41) is 3.86. The molecule has 0 radical (unpaired) electrons. The Morgan fingerprint density at radius 2 is 1.88 bits per heavy atom. The number of nitrogens with zero attached hydrogens (tertiary/aromatic N) is 1. The Morgan fingerprint density at radius 3 is 2.54 bits per heavy atom. The third-order valence-electron chi connectivity index (χ3n) is 3.03. The Hall–Kier alpha value is -2.87. The summed E-state index contributed by atoms with van der Waals surface area (Å²) in [4.78, 5) is 22.8. The van der Waals surface area contributed by atoms with Gasteiger partial charge in [-0.25, -0.2) is 5.43 Å². The number of nitrogens with one attached hydrogen (secondary N) is 1. The zero-order valence-electron chi connectivity index (χ0n) is 14.2. The molecule has 2 aromatic carbocycles. The molecule has 0 aromatic heterocycles. The molecule has 2 rings (SSSR count). The van der Waals surface area contributed by atoms with Gasteiger partial charge < -0.3 is 14.2 Å². The van der Waals surface area contributed by atoms with Gasteiger partial charge in [0, 0.05) is 11.4 Å². The number of carbonyl (C=O) groups excluding carboxylic acids is 2. The molecule has 0 atom stereocenters. The number of benzene rings is 2. The van der Waals surface area contributed by atoms with E-state index in [0.29, 0.717) is 22.8 Å². The van der Waals surface area contributed by atoms with Crippen molar-refractivity contribution in [2.45, 2.75) is 6.92 Å². The van der Waals surface area contributed by atoms with Crippen LogP contribution in [0, 0.1) is 0 Å². The second-order valence-electron chi connectivity index (χ2n) is 5.04. The fourth-order valence-corrected chi connectivity index (χ4v) is 2.16. The number of carbonyl (C=O) groups is 2. The minimum Gasteiger partial charge on any atom is -0.493 e. The predicted octanol–water partition coefficient (Wildman–Crippen LogP) is 2.91. The third-order valence-corrected chi connectivity index (χ3v) is 3.56. The summed E-state index contributed by atoms with van der Waals surface area (Å²) < 4.78 is 16.4. The first-order valence-corrected chi connectivity index (χ1v) is 8.34. The molecule has 0 bridgehead atoms. The fraction of sp³-hybridized carbons (Fsp3) is 0.167. The second-order valence-corrected chi connectivity index (χ2v) is 5.96. The zero-order valence-corrected chi connectivity index (χ0v) is 15.8. The van der Waals surface area contributed by atoms with Crippen molar-refractivity contribution in [1.29, 1.82) is 0 Å². The van der Waals surface area contributed by atoms with Gasteiger partial charge in [-0.15, -0.1) is 0 Å². The van der Waals surface area contributed by atoms with Crippen molar-refractivity contribution < 1.29 is 23.8 Å². The van der Waals surface area contributed by atoms with E-state index in [0.717, 1.165) is 4.47 Å². The number of rotatable bonds is 7. The summed E-state index contributed by atoms with van der Waals surface area (Å²) in [6.07, 6.45) is 1.44. The molecule has 1 amide bonds. The molecule has 7 nitrogen and oxygen atoms in total. The van der Waals surface area contributed by atoms with E-state index in [4.69, 9.17) is 14.2 Å². The van der Waals surface area contributed by atoms with Crippen molar-refractivity contribution in [2.24, 2.45) is 5.10 Å². The number of esters is 1. The highest BCUT2D eigenvalue weighted by molar-refractivity contribution is 9.10. The van der Waals surface area contributed by atoms with Crippen LogP contribution in [-0.2, 0) is 9.59 Å². The largest absolute Gasteiger partial charge is 0.493 e. The molecule has 0 saturated heterocycles. The molecule has 0 saturated carbocycles. The van der Waals surface area contributed by atoms with E-state index in [1.807, 2.05) is 12.1 Å². The first kappa shape index (κ1) is 19.5. The first-order valence-electron chi connectivity index (χ1n) is 7.54. The molecule has 0 aliphatic rings. The number of halogens is 1. The molecule has 0 fully saturated rings. The van der Waals surface area contributed by atoms with E-state index in [1.165, 1.54) is 20.2 Å². The summed E-state index contributed by atoms with van der Waals surface area (Å²) in [6, 6.07) is 12.0. The van der Waals surface area contributed by atoms with Crippen molar-refractivity contribution in [3.8, 4) is 17.2 Å². The average molecular weight is 421 g/mol. The molecular weight excluding hydrogens is 404 g/mol. The molecule has 8 heteroatoms. The molecule has 2 aromatic rings. The molecular formula is C18H17BrN2O5. The van der Waals surface area contributed by atoms with Gasteiger partial charge in [-0.05, 0) is 48.0 Å². The summed E-state index contributed by atoms with van der Waals surface area (Å²) in [5.41, 5.74) is 3.03. The molecule has 136 valence electrons. The van der Waals surface area contributed by atoms with Crippen LogP contribution in [0.3, 0.4) is 0 Å². The van der Waals surface area contributed by atoms with E-state index < -0.39 is 11.9 Å². The Bertz CT molecular complexity index is 806. The molecule has 0 unspecified atom stereocenters. The Morgan fingerprint density at radius 1 is 1.15 bits per heavy atom. The zero-order chi connectivity index (χ0) is 18.9. The number of ether oxygens (including phenoxy) is 3. The number of hydrogen-bond donors (Lipinski definition) is 1. The SMILES string of the molecule is COc1cc(/C=N/NC(=O)COc2ccc(Br)cc2)ccc1OC(C)=O. The normalized spacial score (nSPS) is 10.4. The summed E-state index contributed by atoms with van der Waals surface area (Å²) >= 11 is 3.32. The van der Waals surface area contributed by atoms with Gasteiger partial charge in [-0.2, -0.15) is 5.10 Å². The first-order chi connectivity index (χ1) is 12.5. The van der Waals surface area contributed by atoms with E-state index in [2.05, 4.69) is 26.5 Å². The fourth-order valence-electron chi connectivity index (χ4n) is 1.89. The highest BCUT2D eigenvalue weighted by Crippen LogP contribution is 2.27. The lowest BCUT2D eigenvalue weighted by Gasteiger charge is -2.08. The lowest BCUT2D eigenvalue weighted by Crippen LogP contribution is -2.24. The van der Waals surface area contributed by atoms with Crippen molar-refractivity contribution in [1.82, 2.24) is 5.43 Å². The van der Waals surface area contributed by atoms with Crippen LogP contribution in [0.5, 0.6) is 17.2 Å². The maximum atomic E-state index is 11.7. The summed E-state index contributed by atoms with van der Waals surface area (Å²) in [6.45, 7) is 1.15. The van der Waals surface area contributed by atoms with Gasteiger partial charge in [-0.3, -0.25) is 9.59 Å². The van der Waals surface area contributed by atoms with E-state index in [1.54, 1.807) is 30.3 Å². The minimum absolute atomic E-state index is 0.159. The predicted molar refractivity (Wildman–Crippen MR) is 99.7 cm³/mol. The standard InChI is InChI=1S/C18H17BrN2O5/c1-12(22)26-16-8-3-13(9-17(16)24-2)10-20-21-18(23)11-25-15-6-4-14(19)5-7-15/h3-10H,11H2,1-2H3,(H,21,23)/b20-10+. The Balaban J connectivity index is 1.87. The Kier molecular flexibility index (Phi) is 7.16. The smallest absolute Gasteiger partial charge is 0.308 e. The van der Waals surface area contributed by atoms with Gasteiger partial charge >= 0.3 is 5.97 Å². The monoisotopic (exact) mass is 420 g/mol. The lowest BCUT2D eigenvalue weighted by molar-refractivity contribution is -0.132. The quantitative estimate of drug-likeness (QED) is 0.322. The van der Waals surface area contributed by atoms with Gasteiger partial charge in [-0.1, -0.05) is 15.9 Å². The van der Waals surface area contributed by atoms with Crippen molar-refractivity contribution in [3.05, 3.63) is 52.5 Å². The number of methoxy groups -OCH3 is 1. The van der Waals surface area contributed by atoms with Gasteiger partial charge in [0.15, 0.2) is 18.1 Å². The van der Waals surface area contributed by atoms with E-state index in [-0.39, 0.29) is 6.61 Å². The number of hydrazone groups is 1. The van der Waals surface area contributed by atoms with E-state index >= 15 is 0 Å². The number of hydrogen-bond acceptors (Lipinski definition) is 6. The number of amides is 1. The van der Waals surface area contributed by atoms with Crippen LogP contribution < -0.4 is 19.6 Å². The lowest BCUT2D eigenvalue weighted by atomic mass is 10.2. The van der Waals surface area contributed by atoms with Crippen LogP contribution in [-0.4, -0.2) is 31.8 Å². The summed E-state index contributed by atoms with van der Waals surface area (Å²) in [5.74, 6) is 0.437. The van der Waals surface area contributed by atoms with Gasteiger partial charge in [0.1, 0.15) is 5.75 Å². The molecule has 1 N–H and O–H groups in total. The topological polar surface area (TPSA) is 86.2 Å². The average Bonchev–Trinajstić information content (AvgIpc) is 2.62. The maximum absolute atomic E-state index is 11.7. The second kappa shape index (κ2) is 9.57. The molecule has 0 aliphatic heterocycles. The van der Waals surface area contributed by atoms with Gasteiger partial charge in [0.05, 0.1) is 13.3 Å². The minimum atomic E-state index is -0.442.